The molecule has 0 radical (unpaired) electrons. The predicted octanol–water partition coefficient (Wildman–Crippen LogP) is 2.97. The highest BCUT2D eigenvalue weighted by atomic mass is 19.4. The van der Waals surface area contributed by atoms with Crippen molar-refractivity contribution >= 4 is 16.8 Å². The number of likely N-dealkylation sites (tertiary alicyclic amines) is 1. The summed E-state index contributed by atoms with van der Waals surface area (Å²) in [5.41, 5.74) is 0.417. The van der Waals surface area contributed by atoms with Gasteiger partial charge < -0.3 is 4.90 Å². The van der Waals surface area contributed by atoms with E-state index in [2.05, 4.69) is 15.2 Å². The van der Waals surface area contributed by atoms with E-state index in [1.807, 2.05) is 0 Å². The van der Waals surface area contributed by atoms with Gasteiger partial charge in [-0.3, -0.25) is 19.3 Å². The second-order valence-corrected chi connectivity index (χ2v) is 7.09. The van der Waals surface area contributed by atoms with Crippen molar-refractivity contribution in [3.8, 4) is 0 Å². The average Bonchev–Trinajstić information content (AvgIpc) is 3.31. The number of fused-ring (bicyclic) bond motifs is 1. The second-order valence-electron chi connectivity index (χ2n) is 7.09. The number of hydrogen-bond acceptors (Lipinski definition) is 4. The van der Waals surface area contributed by atoms with Crippen molar-refractivity contribution in [2.75, 3.05) is 6.54 Å². The molecule has 1 saturated heterocycles. The van der Waals surface area contributed by atoms with Crippen molar-refractivity contribution in [1.82, 2.24) is 24.6 Å². The highest BCUT2D eigenvalue weighted by Gasteiger charge is 2.37. The molecule has 1 aliphatic rings. The minimum Gasteiger partial charge on any atom is -0.327 e. The largest absolute Gasteiger partial charge is 0.406 e. The van der Waals surface area contributed by atoms with Gasteiger partial charge in [-0.15, -0.1) is 0 Å². The third-order valence-corrected chi connectivity index (χ3v) is 4.97. The number of nitrogens with one attached hydrogen (secondary N) is 1. The minimum absolute atomic E-state index is 0.0517. The summed E-state index contributed by atoms with van der Waals surface area (Å²) < 4.78 is 40.3. The zero-order chi connectivity index (χ0) is 20.8. The van der Waals surface area contributed by atoms with E-state index in [-0.39, 0.29) is 16.9 Å². The van der Waals surface area contributed by atoms with E-state index >= 15 is 0 Å². The number of hydrogen-bond donors (Lipinski definition) is 1. The first-order valence-electron chi connectivity index (χ1n) is 9.14. The van der Waals surface area contributed by atoms with E-state index in [9.17, 15) is 22.8 Å². The molecular weight excluding hydrogens is 387 g/mol. The molecule has 3 heterocycles. The van der Waals surface area contributed by atoms with E-state index in [0.29, 0.717) is 35.2 Å². The van der Waals surface area contributed by atoms with E-state index in [1.54, 1.807) is 31.2 Å². The molecule has 0 aliphatic carbocycles. The smallest absolute Gasteiger partial charge is 0.327 e. The fourth-order valence-electron chi connectivity index (χ4n) is 3.72. The Morgan fingerprint density at radius 3 is 2.76 bits per heavy atom. The molecule has 10 heteroatoms. The fraction of sp³-hybridized carbons (Fsp3) is 0.368. The Hall–Kier alpha value is -3.17. The summed E-state index contributed by atoms with van der Waals surface area (Å²) >= 11 is 0. The van der Waals surface area contributed by atoms with E-state index in [4.69, 9.17) is 0 Å². The van der Waals surface area contributed by atoms with Gasteiger partial charge in [0.1, 0.15) is 18.1 Å². The summed E-state index contributed by atoms with van der Waals surface area (Å²) in [5, 5.41) is 6.75. The number of H-pyrrole nitrogens is 1. The van der Waals surface area contributed by atoms with Gasteiger partial charge in [-0.1, -0.05) is 12.1 Å². The lowest BCUT2D eigenvalue weighted by atomic mass is 10.1. The number of rotatable bonds is 3. The van der Waals surface area contributed by atoms with Crippen molar-refractivity contribution in [2.24, 2.45) is 0 Å². The molecule has 7 nitrogen and oxygen atoms in total. The van der Waals surface area contributed by atoms with Gasteiger partial charge in [0.2, 0.25) is 0 Å². The van der Waals surface area contributed by atoms with Gasteiger partial charge >= 0.3 is 6.18 Å². The molecule has 0 spiro atoms. The van der Waals surface area contributed by atoms with Crippen LogP contribution in [0.5, 0.6) is 0 Å². The molecule has 1 unspecified atom stereocenters. The molecule has 1 atom stereocenters. The number of nitrogens with zero attached hydrogens (tertiary/aromatic N) is 4. The Balaban J connectivity index is 1.84. The van der Waals surface area contributed by atoms with Gasteiger partial charge in [0.25, 0.3) is 11.5 Å². The Labute approximate surface area is 163 Å². The molecule has 1 aliphatic heterocycles. The molecule has 0 bridgehead atoms. The van der Waals surface area contributed by atoms with E-state index in [0.717, 1.165) is 0 Å². The molecule has 4 rings (SSSR count). The number of carbonyl (C=O) groups is 1. The Morgan fingerprint density at radius 1 is 1.31 bits per heavy atom. The van der Waals surface area contributed by atoms with Gasteiger partial charge in [-0.25, -0.2) is 4.98 Å². The summed E-state index contributed by atoms with van der Waals surface area (Å²) in [4.78, 5) is 31.5. The number of aryl methyl sites for hydroxylation is 1. The van der Waals surface area contributed by atoms with Crippen LogP contribution >= 0.6 is 0 Å². The predicted molar refractivity (Wildman–Crippen MR) is 98.4 cm³/mol. The van der Waals surface area contributed by atoms with Crippen LogP contribution in [0.25, 0.3) is 10.9 Å². The molecule has 152 valence electrons. The zero-order valence-electron chi connectivity index (χ0n) is 15.5. The van der Waals surface area contributed by atoms with Crippen molar-refractivity contribution < 1.29 is 18.0 Å². The van der Waals surface area contributed by atoms with Crippen molar-refractivity contribution in [3.05, 3.63) is 57.9 Å². The molecule has 1 N–H and O–H groups in total. The van der Waals surface area contributed by atoms with Crippen molar-refractivity contribution in [3.63, 3.8) is 0 Å². The molecule has 1 amide bonds. The lowest BCUT2D eigenvalue weighted by Crippen LogP contribution is -2.38. The lowest BCUT2D eigenvalue weighted by molar-refractivity contribution is -0.141. The Morgan fingerprint density at radius 2 is 2.07 bits per heavy atom. The van der Waals surface area contributed by atoms with Crippen LogP contribution in [0.4, 0.5) is 13.2 Å². The lowest BCUT2D eigenvalue weighted by Gasteiger charge is -2.26. The summed E-state index contributed by atoms with van der Waals surface area (Å²) in [6, 6.07) is 7.11. The summed E-state index contributed by atoms with van der Waals surface area (Å²) in [6.45, 7) is 0.639. The normalized spacial score (nSPS) is 17.2. The first kappa shape index (κ1) is 19.2. The van der Waals surface area contributed by atoms with Crippen molar-refractivity contribution in [1.29, 1.82) is 0 Å². The highest BCUT2D eigenvalue weighted by molar-refractivity contribution is 5.92. The first-order valence-corrected chi connectivity index (χ1v) is 9.14. The number of para-hydroxylation sites is 1. The Kier molecular flexibility index (Phi) is 4.64. The van der Waals surface area contributed by atoms with Crippen molar-refractivity contribution in [2.45, 2.75) is 38.5 Å². The van der Waals surface area contributed by atoms with Crippen LogP contribution in [-0.4, -0.2) is 43.3 Å². The molecule has 2 aromatic heterocycles. The maximum atomic E-state index is 13.2. The third-order valence-electron chi connectivity index (χ3n) is 4.97. The monoisotopic (exact) mass is 405 g/mol. The standard InChI is InChI=1S/C19H18F3N5O2/c1-11-9-14(25-24-11)18(29)26-8-4-7-15(26)16-23-13-6-3-2-5-12(13)17(28)27(16)10-19(20,21)22/h2-3,5-6,9,15H,4,7-8,10H2,1H3,(H,24,25). The van der Waals surface area contributed by atoms with Crippen LogP contribution in [-0.2, 0) is 6.54 Å². The number of benzene rings is 1. The van der Waals surface area contributed by atoms with E-state index in [1.165, 1.54) is 11.0 Å². The summed E-state index contributed by atoms with van der Waals surface area (Å²) in [5.74, 6) is -0.457. The zero-order valence-corrected chi connectivity index (χ0v) is 15.5. The van der Waals surface area contributed by atoms with Crippen LogP contribution in [0, 0.1) is 6.92 Å². The molecule has 0 saturated carbocycles. The minimum atomic E-state index is -4.60. The van der Waals surface area contributed by atoms with Crippen LogP contribution in [0.1, 0.15) is 40.9 Å². The molecule has 1 fully saturated rings. The molecule has 3 aromatic rings. The van der Waals surface area contributed by atoms with Gasteiger partial charge in [-0.05, 0) is 38.0 Å². The number of carbonyl (C=O) groups excluding carboxylic acids is 1. The summed E-state index contributed by atoms with van der Waals surface area (Å²) in [7, 11) is 0. The number of halogens is 3. The quantitative estimate of drug-likeness (QED) is 0.726. The number of aromatic nitrogens is 4. The fourth-order valence-corrected chi connectivity index (χ4v) is 3.72. The van der Waals surface area contributed by atoms with Crippen LogP contribution in [0.3, 0.4) is 0 Å². The highest BCUT2D eigenvalue weighted by Crippen LogP contribution is 2.33. The third kappa shape index (κ3) is 3.62. The van der Waals surface area contributed by atoms with Crippen LogP contribution < -0.4 is 5.56 Å². The number of alkyl halides is 3. The molecular formula is C19H18F3N5O2. The molecule has 29 heavy (non-hydrogen) atoms. The Bertz CT molecular complexity index is 1130. The average molecular weight is 405 g/mol. The van der Waals surface area contributed by atoms with Gasteiger partial charge in [0.15, 0.2) is 0 Å². The first-order chi connectivity index (χ1) is 13.7. The van der Waals surface area contributed by atoms with Crippen LogP contribution in [0.2, 0.25) is 0 Å². The van der Waals surface area contributed by atoms with Gasteiger partial charge in [0.05, 0.1) is 16.9 Å². The van der Waals surface area contributed by atoms with Gasteiger partial charge in [-0.2, -0.15) is 18.3 Å². The van der Waals surface area contributed by atoms with E-state index < -0.39 is 30.2 Å². The number of amides is 1. The van der Waals surface area contributed by atoms with Gasteiger partial charge in [0, 0.05) is 12.2 Å². The maximum Gasteiger partial charge on any atom is 0.406 e. The second kappa shape index (κ2) is 7.02. The topological polar surface area (TPSA) is 83.9 Å². The van der Waals surface area contributed by atoms with Crippen LogP contribution in [0.15, 0.2) is 35.1 Å². The summed E-state index contributed by atoms with van der Waals surface area (Å²) in [6.07, 6.45) is -3.60. The SMILES string of the molecule is Cc1cc(C(=O)N2CCCC2c2nc3ccccc3c(=O)n2CC(F)(F)F)n[nH]1. The maximum absolute atomic E-state index is 13.2. The molecule has 1 aromatic carbocycles. The number of aromatic amines is 1.